The Kier molecular flexibility index (Phi) is 4.90. The van der Waals surface area contributed by atoms with Gasteiger partial charge in [0.15, 0.2) is 0 Å². The van der Waals surface area contributed by atoms with Crippen LogP contribution >= 0.6 is 0 Å². The van der Waals surface area contributed by atoms with Crippen LogP contribution in [-0.4, -0.2) is 36.4 Å². The summed E-state index contributed by atoms with van der Waals surface area (Å²) >= 11 is 0. The van der Waals surface area contributed by atoms with E-state index in [0.29, 0.717) is 0 Å². The van der Waals surface area contributed by atoms with Crippen LogP contribution in [0.4, 0.5) is 0 Å². The maximum absolute atomic E-state index is 10.4. The lowest BCUT2D eigenvalue weighted by atomic mass is 10.1. The third kappa shape index (κ3) is 4.58. The van der Waals surface area contributed by atoms with E-state index in [1.54, 1.807) is 0 Å². The highest BCUT2D eigenvalue weighted by Crippen LogP contribution is 2.11. The minimum Gasteiger partial charge on any atom is -0.481 e. The average Bonchev–Trinajstić information content (AvgIpc) is 2.15. The molecule has 0 bridgehead atoms. The molecule has 0 aromatic heterocycles. The van der Waals surface area contributed by atoms with Gasteiger partial charge in [0.25, 0.3) is 0 Å². The van der Waals surface area contributed by atoms with Crippen molar-refractivity contribution in [1.29, 1.82) is 0 Å². The second-order valence-corrected chi connectivity index (χ2v) is 3.90. The molecule has 4 nitrogen and oxygen atoms in total. The van der Waals surface area contributed by atoms with Gasteiger partial charge in [-0.05, 0) is 26.2 Å². The molecule has 4 heteroatoms. The summed E-state index contributed by atoms with van der Waals surface area (Å²) in [6.45, 7) is 3.51. The number of carbonyl (C=O) groups is 1. The van der Waals surface area contributed by atoms with Gasteiger partial charge < -0.3 is 15.2 Å². The third-order valence-electron chi connectivity index (χ3n) is 2.45. The van der Waals surface area contributed by atoms with Gasteiger partial charge >= 0.3 is 5.97 Å². The topological polar surface area (TPSA) is 58.6 Å². The van der Waals surface area contributed by atoms with E-state index >= 15 is 0 Å². The molecule has 0 amide bonds. The van der Waals surface area contributed by atoms with Crippen LogP contribution in [-0.2, 0) is 9.53 Å². The van der Waals surface area contributed by atoms with Crippen molar-refractivity contribution < 1.29 is 14.6 Å². The Bertz CT molecular complexity index is 178. The van der Waals surface area contributed by atoms with Gasteiger partial charge in [-0.3, -0.25) is 4.79 Å². The summed E-state index contributed by atoms with van der Waals surface area (Å²) in [5, 5.41) is 11.7. The summed E-state index contributed by atoms with van der Waals surface area (Å²) in [6.07, 6.45) is 3.92. The van der Waals surface area contributed by atoms with Gasteiger partial charge in [-0.2, -0.15) is 0 Å². The highest BCUT2D eigenvalue weighted by molar-refractivity contribution is 5.67. The van der Waals surface area contributed by atoms with Gasteiger partial charge in [-0.1, -0.05) is 0 Å². The van der Waals surface area contributed by atoms with Gasteiger partial charge in [-0.15, -0.1) is 0 Å². The maximum Gasteiger partial charge on any atom is 0.304 e. The normalized spacial score (nSPS) is 24.5. The Hall–Kier alpha value is -0.610. The molecule has 1 fully saturated rings. The van der Waals surface area contributed by atoms with Crippen LogP contribution < -0.4 is 5.32 Å². The molecule has 2 N–H and O–H groups in total. The molecule has 1 aliphatic rings. The molecule has 0 aromatic rings. The van der Waals surface area contributed by atoms with Crippen LogP contribution in [0.1, 0.15) is 32.6 Å². The quantitative estimate of drug-likeness (QED) is 0.697. The number of aliphatic carboxylic acids is 1. The van der Waals surface area contributed by atoms with Crippen molar-refractivity contribution in [2.45, 2.75) is 44.8 Å². The second-order valence-electron chi connectivity index (χ2n) is 3.90. The number of ether oxygens (including phenoxy) is 1. The lowest BCUT2D eigenvalue weighted by molar-refractivity contribution is -0.137. The fraction of sp³-hybridized carbons (Fsp3) is 0.900. The summed E-state index contributed by atoms with van der Waals surface area (Å²) in [4.78, 5) is 10.4. The van der Waals surface area contributed by atoms with E-state index in [-0.39, 0.29) is 18.6 Å². The third-order valence-corrected chi connectivity index (χ3v) is 2.45. The minimum atomic E-state index is -0.755. The molecule has 14 heavy (non-hydrogen) atoms. The number of carboxylic acid groups (broad SMARTS) is 1. The number of hydrogen-bond acceptors (Lipinski definition) is 3. The fourth-order valence-corrected chi connectivity index (χ4v) is 1.64. The van der Waals surface area contributed by atoms with Crippen LogP contribution in [0, 0.1) is 0 Å². The van der Waals surface area contributed by atoms with Crippen molar-refractivity contribution in [2.24, 2.45) is 0 Å². The average molecular weight is 201 g/mol. The predicted octanol–water partition coefficient (Wildman–Crippen LogP) is 1.01. The lowest BCUT2D eigenvalue weighted by Crippen LogP contribution is -2.37. The first-order valence-corrected chi connectivity index (χ1v) is 5.25. The zero-order valence-corrected chi connectivity index (χ0v) is 8.66. The van der Waals surface area contributed by atoms with Crippen LogP contribution in [0.5, 0.6) is 0 Å². The second kappa shape index (κ2) is 5.98. The molecule has 0 saturated carbocycles. The van der Waals surface area contributed by atoms with Crippen molar-refractivity contribution in [3.63, 3.8) is 0 Å². The molecule has 0 spiro atoms. The van der Waals surface area contributed by atoms with Crippen molar-refractivity contribution in [3.8, 4) is 0 Å². The molecule has 2 atom stereocenters. The Morgan fingerprint density at radius 1 is 1.64 bits per heavy atom. The highest BCUT2D eigenvalue weighted by atomic mass is 16.5. The maximum atomic E-state index is 10.4. The standard InChI is InChI=1S/C10H19NO3/c1-8(6-10(12)13)11-7-9-4-2-3-5-14-9/h8-9,11H,2-7H2,1H3,(H,12,13). The van der Waals surface area contributed by atoms with Gasteiger partial charge in [0.2, 0.25) is 0 Å². The molecule has 82 valence electrons. The van der Waals surface area contributed by atoms with Gasteiger partial charge in [0.05, 0.1) is 12.5 Å². The Balaban J connectivity index is 2.09. The van der Waals surface area contributed by atoms with Crippen molar-refractivity contribution in [3.05, 3.63) is 0 Å². The van der Waals surface area contributed by atoms with E-state index in [9.17, 15) is 4.79 Å². The molecule has 1 saturated heterocycles. The summed E-state index contributed by atoms with van der Waals surface area (Å²) in [7, 11) is 0. The van der Waals surface area contributed by atoms with Gasteiger partial charge in [0, 0.05) is 19.2 Å². The first kappa shape index (κ1) is 11.5. The molecule has 0 aromatic carbocycles. The van der Waals surface area contributed by atoms with Crippen LogP contribution in [0.25, 0.3) is 0 Å². The van der Waals surface area contributed by atoms with Crippen molar-refractivity contribution >= 4 is 5.97 Å². The Labute approximate surface area is 84.6 Å². The molecular formula is C10H19NO3. The Morgan fingerprint density at radius 2 is 2.43 bits per heavy atom. The van der Waals surface area contributed by atoms with Crippen molar-refractivity contribution in [2.75, 3.05) is 13.2 Å². The van der Waals surface area contributed by atoms with Gasteiger partial charge in [-0.25, -0.2) is 0 Å². The zero-order chi connectivity index (χ0) is 10.4. The highest BCUT2D eigenvalue weighted by Gasteiger charge is 2.15. The zero-order valence-electron chi connectivity index (χ0n) is 8.66. The number of nitrogens with one attached hydrogen (secondary N) is 1. The van der Waals surface area contributed by atoms with Crippen LogP contribution in [0.15, 0.2) is 0 Å². The van der Waals surface area contributed by atoms with Crippen LogP contribution in [0.3, 0.4) is 0 Å². The van der Waals surface area contributed by atoms with E-state index in [0.717, 1.165) is 26.0 Å². The summed E-state index contributed by atoms with van der Waals surface area (Å²) < 4.78 is 5.52. The van der Waals surface area contributed by atoms with Gasteiger partial charge in [0.1, 0.15) is 0 Å². The molecule has 1 aliphatic heterocycles. The Morgan fingerprint density at radius 3 is 3.00 bits per heavy atom. The van der Waals surface area contributed by atoms with E-state index < -0.39 is 5.97 Å². The monoisotopic (exact) mass is 201 g/mol. The fourth-order valence-electron chi connectivity index (χ4n) is 1.64. The van der Waals surface area contributed by atoms with Crippen LogP contribution in [0.2, 0.25) is 0 Å². The molecule has 0 aliphatic carbocycles. The number of rotatable bonds is 5. The first-order valence-electron chi connectivity index (χ1n) is 5.25. The molecule has 1 heterocycles. The van der Waals surface area contributed by atoms with E-state index in [2.05, 4.69) is 5.32 Å². The largest absolute Gasteiger partial charge is 0.481 e. The summed E-state index contributed by atoms with van der Waals surface area (Å²) in [5.41, 5.74) is 0. The van der Waals surface area contributed by atoms with E-state index in [4.69, 9.17) is 9.84 Å². The number of hydrogen-bond donors (Lipinski definition) is 2. The molecule has 1 rings (SSSR count). The molecule has 0 radical (unpaired) electrons. The predicted molar refractivity (Wildman–Crippen MR) is 53.3 cm³/mol. The summed E-state index contributed by atoms with van der Waals surface area (Å²) in [6, 6.07) is 0.0260. The minimum absolute atomic E-state index is 0.0260. The van der Waals surface area contributed by atoms with E-state index in [1.807, 2.05) is 6.92 Å². The SMILES string of the molecule is CC(CC(=O)O)NCC1CCCCO1. The van der Waals surface area contributed by atoms with E-state index in [1.165, 1.54) is 6.42 Å². The molecular weight excluding hydrogens is 182 g/mol. The first-order chi connectivity index (χ1) is 6.68. The molecule has 2 unspecified atom stereocenters. The smallest absolute Gasteiger partial charge is 0.304 e. The van der Waals surface area contributed by atoms with Crippen molar-refractivity contribution in [1.82, 2.24) is 5.32 Å². The summed E-state index contributed by atoms with van der Waals surface area (Å²) in [5.74, 6) is -0.755. The number of carboxylic acids is 1. The lowest BCUT2D eigenvalue weighted by Gasteiger charge is -2.24.